The summed E-state index contributed by atoms with van der Waals surface area (Å²) in [6.45, 7) is 4.88. The summed E-state index contributed by atoms with van der Waals surface area (Å²) in [5.74, 6) is 0.543. The molecule has 0 aliphatic carbocycles. The van der Waals surface area contributed by atoms with Gasteiger partial charge in [0.15, 0.2) is 0 Å². The van der Waals surface area contributed by atoms with E-state index in [4.69, 9.17) is 5.73 Å². The summed E-state index contributed by atoms with van der Waals surface area (Å²) in [5, 5.41) is 2.99. The van der Waals surface area contributed by atoms with Crippen LogP contribution in [0.2, 0.25) is 0 Å². The fourth-order valence-corrected chi connectivity index (χ4v) is 2.48. The summed E-state index contributed by atoms with van der Waals surface area (Å²) < 4.78 is 0. The number of anilines is 1. The molecule has 4 nitrogen and oxygen atoms in total. The number of likely N-dealkylation sites (tertiary alicyclic amines) is 1. The molecule has 1 amide bonds. The molecule has 0 saturated carbocycles. The smallest absolute Gasteiger partial charge is 0.251 e. The van der Waals surface area contributed by atoms with Gasteiger partial charge in [-0.25, -0.2) is 0 Å². The summed E-state index contributed by atoms with van der Waals surface area (Å²) in [6, 6.07) is 5.46. The Kier molecular flexibility index (Phi) is 3.87. The van der Waals surface area contributed by atoms with E-state index in [2.05, 4.69) is 17.3 Å². The summed E-state index contributed by atoms with van der Waals surface area (Å²) in [4.78, 5) is 14.3. The third-order valence-corrected chi connectivity index (χ3v) is 3.40. The Morgan fingerprint density at radius 1 is 1.50 bits per heavy atom. The number of aryl methyl sites for hydroxylation is 1. The Labute approximate surface area is 108 Å². The third kappa shape index (κ3) is 3.23. The summed E-state index contributed by atoms with van der Waals surface area (Å²) >= 11 is 0. The van der Waals surface area contributed by atoms with Gasteiger partial charge in [0.05, 0.1) is 0 Å². The monoisotopic (exact) mass is 247 g/mol. The minimum Gasteiger partial charge on any atom is -0.399 e. The van der Waals surface area contributed by atoms with Gasteiger partial charge in [-0.1, -0.05) is 0 Å². The van der Waals surface area contributed by atoms with Gasteiger partial charge in [-0.15, -0.1) is 0 Å². The van der Waals surface area contributed by atoms with Gasteiger partial charge < -0.3 is 16.0 Å². The van der Waals surface area contributed by atoms with Crippen LogP contribution >= 0.6 is 0 Å². The average Bonchev–Trinajstić information content (AvgIpc) is 2.70. The number of nitrogens with one attached hydrogen (secondary N) is 1. The van der Waals surface area contributed by atoms with Crippen LogP contribution in [0.25, 0.3) is 0 Å². The molecule has 1 aliphatic heterocycles. The molecule has 0 bridgehead atoms. The van der Waals surface area contributed by atoms with Gasteiger partial charge in [0.25, 0.3) is 5.91 Å². The predicted molar refractivity (Wildman–Crippen MR) is 73.5 cm³/mol. The Morgan fingerprint density at radius 2 is 2.28 bits per heavy atom. The second kappa shape index (κ2) is 5.40. The molecule has 0 radical (unpaired) electrons. The summed E-state index contributed by atoms with van der Waals surface area (Å²) in [6.07, 6.45) is 1.16. The number of carbonyl (C=O) groups excluding carboxylic acids is 1. The number of rotatable bonds is 3. The Bertz CT molecular complexity index is 424. The Hall–Kier alpha value is -1.55. The van der Waals surface area contributed by atoms with Crippen LogP contribution in [0.1, 0.15) is 22.3 Å². The molecule has 1 aliphatic rings. The molecule has 98 valence electrons. The van der Waals surface area contributed by atoms with Gasteiger partial charge in [-0.2, -0.15) is 0 Å². The van der Waals surface area contributed by atoms with Crippen LogP contribution in [-0.2, 0) is 0 Å². The van der Waals surface area contributed by atoms with Gasteiger partial charge >= 0.3 is 0 Å². The van der Waals surface area contributed by atoms with Crippen molar-refractivity contribution in [3.63, 3.8) is 0 Å². The van der Waals surface area contributed by atoms with E-state index in [0.717, 1.165) is 31.6 Å². The lowest BCUT2D eigenvalue weighted by Gasteiger charge is -2.12. The Balaban J connectivity index is 1.91. The van der Waals surface area contributed by atoms with Crippen LogP contribution in [0.15, 0.2) is 18.2 Å². The number of hydrogen-bond acceptors (Lipinski definition) is 3. The molecule has 1 atom stereocenters. The van der Waals surface area contributed by atoms with Crippen molar-refractivity contribution in [3.05, 3.63) is 29.3 Å². The number of hydrogen-bond donors (Lipinski definition) is 2. The van der Waals surface area contributed by atoms with Crippen molar-refractivity contribution in [2.75, 3.05) is 32.4 Å². The molecule has 2 rings (SSSR count). The zero-order valence-electron chi connectivity index (χ0n) is 11.1. The minimum absolute atomic E-state index is 0.0278. The first kappa shape index (κ1) is 12.9. The van der Waals surface area contributed by atoms with E-state index in [0.29, 0.717) is 17.2 Å². The lowest BCUT2D eigenvalue weighted by molar-refractivity contribution is 0.0947. The van der Waals surface area contributed by atoms with E-state index in [1.165, 1.54) is 0 Å². The topological polar surface area (TPSA) is 58.4 Å². The van der Waals surface area contributed by atoms with Crippen molar-refractivity contribution in [2.24, 2.45) is 5.92 Å². The standard InChI is InChI=1S/C14H21N3O/c1-10-5-12(7-13(15)6-10)14(18)16-8-11-3-4-17(2)9-11/h5-7,11H,3-4,8-9,15H2,1-2H3,(H,16,18). The second-order valence-electron chi connectivity index (χ2n) is 5.26. The highest BCUT2D eigenvalue weighted by molar-refractivity contribution is 5.95. The fraction of sp³-hybridized carbons (Fsp3) is 0.500. The highest BCUT2D eigenvalue weighted by Crippen LogP contribution is 2.14. The molecule has 1 heterocycles. The highest BCUT2D eigenvalue weighted by Gasteiger charge is 2.20. The van der Waals surface area contributed by atoms with Crippen molar-refractivity contribution in [1.29, 1.82) is 0 Å². The molecule has 0 aromatic heterocycles. The number of benzene rings is 1. The van der Waals surface area contributed by atoms with E-state index in [1.54, 1.807) is 6.07 Å². The normalized spacial score (nSPS) is 20.0. The largest absolute Gasteiger partial charge is 0.399 e. The van der Waals surface area contributed by atoms with Gasteiger partial charge in [0.1, 0.15) is 0 Å². The third-order valence-electron chi connectivity index (χ3n) is 3.40. The van der Waals surface area contributed by atoms with E-state index < -0.39 is 0 Å². The van der Waals surface area contributed by atoms with Crippen LogP contribution in [0.4, 0.5) is 5.69 Å². The number of nitrogens with zero attached hydrogens (tertiary/aromatic N) is 1. The van der Waals surface area contributed by atoms with Gasteiger partial charge in [-0.3, -0.25) is 4.79 Å². The lowest BCUT2D eigenvalue weighted by Crippen LogP contribution is -2.30. The molecule has 1 unspecified atom stereocenters. The number of nitrogen functional groups attached to an aromatic ring is 1. The highest BCUT2D eigenvalue weighted by atomic mass is 16.1. The summed E-state index contributed by atoms with van der Waals surface area (Å²) in [7, 11) is 2.11. The number of amides is 1. The first-order valence-electron chi connectivity index (χ1n) is 6.38. The molecular formula is C14H21N3O. The van der Waals surface area contributed by atoms with Gasteiger partial charge in [-0.05, 0) is 56.6 Å². The van der Waals surface area contributed by atoms with E-state index in [1.807, 2.05) is 19.1 Å². The van der Waals surface area contributed by atoms with Crippen LogP contribution in [0, 0.1) is 12.8 Å². The summed E-state index contributed by atoms with van der Waals surface area (Å²) in [5.41, 5.74) is 8.05. The zero-order chi connectivity index (χ0) is 13.1. The molecule has 4 heteroatoms. The lowest BCUT2D eigenvalue weighted by atomic mass is 10.1. The maximum absolute atomic E-state index is 12.0. The second-order valence-corrected chi connectivity index (χ2v) is 5.26. The SMILES string of the molecule is Cc1cc(N)cc(C(=O)NCC2CCN(C)C2)c1. The molecule has 18 heavy (non-hydrogen) atoms. The molecule has 3 N–H and O–H groups in total. The molecule has 1 aromatic rings. The van der Waals surface area contributed by atoms with Crippen molar-refractivity contribution >= 4 is 11.6 Å². The number of nitrogens with two attached hydrogens (primary N) is 1. The van der Waals surface area contributed by atoms with Crippen molar-refractivity contribution in [1.82, 2.24) is 10.2 Å². The van der Waals surface area contributed by atoms with Crippen LogP contribution < -0.4 is 11.1 Å². The van der Waals surface area contributed by atoms with E-state index >= 15 is 0 Å². The van der Waals surface area contributed by atoms with Gasteiger partial charge in [0, 0.05) is 24.3 Å². The first-order valence-corrected chi connectivity index (χ1v) is 6.38. The maximum atomic E-state index is 12.0. The van der Waals surface area contributed by atoms with Crippen LogP contribution in [0.3, 0.4) is 0 Å². The van der Waals surface area contributed by atoms with Crippen LogP contribution in [-0.4, -0.2) is 37.5 Å². The fourth-order valence-electron chi connectivity index (χ4n) is 2.48. The number of carbonyl (C=O) groups is 1. The minimum atomic E-state index is -0.0278. The quantitative estimate of drug-likeness (QED) is 0.791. The van der Waals surface area contributed by atoms with Crippen molar-refractivity contribution in [3.8, 4) is 0 Å². The van der Waals surface area contributed by atoms with Gasteiger partial charge in [0.2, 0.25) is 0 Å². The zero-order valence-corrected chi connectivity index (χ0v) is 11.1. The average molecular weight is 247 g/mol. The predicted octanol–water partition coefficient (Wildman–Crippen LogP) is 1.26. The molecule has 1 saturated heterocycles. The maximum Gasteiger partial charge on any atom is 0.251 e. The molecule has 1 fully saturated rings. The molecular weight excluding hydrogens is 226 g/mol. The molecule has 0 spiro atoms. The van der Waals surface area contributed by atoms with E-state index in [9.17, 15) is 4.79 Å². The van der Waals surface area contributed by atoms with Crippen LogP contribution in [0.5, 0.6) is 0 Å². The molecule has 1 aromatic carbocycles. The first-order chi connectivity index (χ1) is 8.54. The van der Waals surface area contributed by atoms with Crippen molar-refractivity contribution < 1.29 is 4.79 Å². The van der Waals surface area contributed by atoms with Crippen molar-refractivity contribution in [2.45, 2.75) is 13.3 Å². The van der Waals surface area contributed by atoms with E-state index in [-0.39, 0.29) is 5.91 Å². The Morgan fingerprint density at radius 3 is 2.89 bits per heavy atom.